The third-order valence-electron chi connectivity index (χ3n) is 5.43. The lowest BCUT2D eigenvalue weighted by molar-refractivity contribution is 0.0731. The Morgan fingerprint density at radius 3 is 2.86 bits per heavy atom. The summed E-state index contributed by atoms with van der Waals surface area (Å²) in [7, 11) is 0. The molecule has 1 aromatic carbocycles. The van der Waals surface area contributed by atoms with Crippen LogP contribution in [0, 0.1) is 26.7 Å². The van der Waals surface area contributed by atoms with Crippen molar-refractivity contribution in [3.05, 3.63) is 34.5 Å². The number of aromatic nitrogens is 1. The molecule has 3 heterocycles. The lowest BCUT2D eigenvalue weighted by Crippen LogP contribution is -2.39. The molecule has 2 atom stereocenters. The number of aromatic amines is 1. The number of likely N-dealkylation sites (tertiary alicyclic amines) is 1. The molecular weight excluding hydrogens is 274 g/mol. The fourth-order valence-corrected chi connectivity index (χ4v) is 4.24. The second-order valence-corrected chi connectivity index (χ2v) is 6.90. The summed E-state index contributed by atoms with van der Waals surface area (Å²) in [6, 6.07) is 4.72. The molecule has 0 spiro atoms. The zero-order valence-electron chi connectivity index (χ0n) is 13.5. The molecule has 116 valence electrons. The van der Waals surface area contributed by atoms with E-state index in [0.29, 0.717) is 12.0 Å². The number of amides is 1. The minimum absolute atomic E-state index is 0.168. The van der Waals surface area contributed by atoms with Gasteiger partial charge >= 0.3 is 0 Å². The predicted octanol–water partition coefficient (Wildman–Crippen LogP) is 2.53. The first kappa shape index (κ1) is 13.8. The first-order chi connectivity index (χ1) is 10.6. The first-order valence-corrected chi connectivity index (χ1v) is 8.17. The molecule has 4 nitrogen and oxygen atoms in total. The molecule has 2 aliphatic heterocycles. The quantitative estimate of drug-likeness (QED) is 0.850. The number of hydrogen-bond donors (Lipinski definition) is 2. The summed E-state index contributed by atoms with van der Waals surface area (Å²) in [6.07, 6.45) is 1.13. The lowest BCUT2D eigenvalue weighted by atomic mass is 10.0. The van der Waals surface area contributed by atoms with Crippen molar-refractivity contribution in [2.75, 3.05) is 19.6 Å². The summed E-state index contributed by atoms with van der Waals surface area (Å²) in [5.74, 6) is 0.805. The van der Waals surface area contributed by atoms with Crippen molar-refractivity contribution in [1.82, 2.24) is 15.2 Å². The Morgan fingerprint density at radius 2 is 2.05 bits per heavy atom. The van der Waals surface area contributed by atoms with Gasteiger partial charge < -0.3 is 15.2 Å². The Kier molecular flexibility index (Phi) is 3.05. The van der Waals surface area contributed by atoms with Crippen LogP contribution in [-0.4, -0.2) is 41.5 Å². The molecule has 0 saturated carbocycles. The fraction of sp³-hybridized carbons (Fsp3) is 0.500. The van der Waals surface area contributed by atoms with E-state index in [4.69, 9.17) is 0 Å². The highest BCUT2D eigenvalue weighted by molar-refractivity contribution is 6.02. The molecule has 0 radical (unpaired) electrons. The van der Waals surface area contributed by atoms with Crippen LogP contribution in [0.5, 0.6) is 0 Å². The molecule has 1 amide bonds. The van der Waals surface area contributed by atoms with E-state index in [1.165, 1.54) is 16.5 Å². The average Bonchev–Trinajstić information content (AvgIpc) is 3.13. The first-order valence-electron chi connectivity index (χ1n) is 8.17. The number of carbonyl (C=O) groups excluding carboxylic acids is 1. The standard InChI is InChI=1S/C18H23N3O/c1-10-6-11(2)16-14(7-10)12(3)17(20-16)18(22)21-5-4-13-8-19-9-15(13)21/h6-7,13,15,19-20H,4-5,8-9H2,1-3H3. The number of hydrogen-bond acceptors (Lipinski definition) is 2. The molecule has 22 heavy (non-hydrogen) atoms. The number of fused-ring (bicyclic) bond motifs is 2. The molecule has 0 aliphatic carbocycles. The van der Waals surface area contributed by atoms with Crippen LogP contribution in [0.1, 0.15) is 33.6 Å². The van der Waals surface area contributed by atoms with Gasteiger partial charge in [0.05, 0.1) is 0 Å². The number of benzene rings is 1. The summed E-state index contributed by atoms with van der Waals surface area (Å²) in [4.78, 5) is 18.5. The van der Waals surface area contributed by atoms with Crippen LogP contribution >= 0.6 is 0 Å². The summed E-state index contributed by atoms with van der Waals surface area (Å²) in [5, 5.41) is 4.60. The van der Waals surface area contributed by atoms with Crippen LogP contribution in [0.3, 0.4) is 0 Å². The van der Waals surface area contributed by atoms with Crippen LogP contribution in [0.25, 0.3) is 10.9 Å². The fourth-order valence-electron chi connectivity index (χ4n) is 4.24. The number of nitrogens with one attached hydrogen (secondary N) is 2. The van der Waals surface area contributed by atoms with Gasteiger partial charge in [-0.1, -0.05) is 11.6 Å². The van der Waals surface area contributed by atoms with E-state index in [2.05, 4.69) is 48.1 Å². The zero-order chi connectivity index (χ0) is 15.4. The molecule has 2 unspecified atom stereocenters. The molecule has 4 rings (SSSR count). The molecule has 4 heteroatoms. The highest BCUT2D eigenvalue weighted by Gasteiger charge is 2.40. The molecule has 2 saturated heterocycles. The Hall–Kier alpha value is -1.81. The molecule has 2 aromatic rings. The van der Waals surface area contributed by atoms with Gasteiger partial charge in [-0.05, 0) is 50.3 Å². The predicted molar refractivity (Wildman–Crippen MR) is 88.3 cm³/mol. The molecule has 2 N–H and O–H groups in total. The van der Waals surface area contributed by atoms with Crippen LogP contribution in [-0.2, 0) is 0 Å². The van der Waals surface area contributed by atoms with Crippen LogP contribution < -0.4 is 5.32 Å². The number of carbonyl (C=O) groups is 1. The van der Waals surface area contributed by atoms with Crippen LogP contribution in [0.15, 0.2) is 12.1 Å². The van der Waals surface area contributed by atoms with E-state index in [1.807, 2.05) is 0 Å². The van der Waals surface area contributed by atoms with Crippen molar-refractivity contribution >= 4 is 16.8 Å². The molecular formula is C18H23N3O. The third kappa shape index (κ3) is 1.90. The van der Waals surface area contributed by atoms with E-state index >= 15 is 0 Å². The van der Waals surface area contributed by atoms with Crippen molar-refractivity contribution in [2.24, 2.45) is 5.92 Å². The van der Waals surface area contributed by atoms with Crippen LogP contribution in [0.2, 0.25) is 0 Å². The van der Waals surface area contributed by atoms with Crippen LogP contribution in [0.4, 0.5) is 0 Å². The number of aryl methyl sites for hydroxylation is 3. The maximum atomic E-state index is 13.0. The van der Waals surface area contributed by atoms with Gasteiger partial charge in [-0.3, -0.25) is 4.79 Å². The number of rotatable bonds is 1. The van der Waals surface area contributed by atoms with Gasteiger partial charge in [-0.2, -0.15) is 0 Å². The largest absolute Gasteiger partial charge is 0.350 e. The topological polar surface area (TPSA) is 48.1 Å². The number of H-pyrrole nitrogens is 1. The van der Waals surface area contributed by atoms with Gasteiger partial charge in [-0.25, -0.2) is 0 Å². The Labute approximate surface area is 130 Å². The van der Waals surface area contributed by atoms with Crippen molar-refractivity contribution < 1.29 is 4.79 Å². The zero-order valence-corrected chi connectivity index (χ0v) is 13.5. The maximum Gasteiger partial charge on any atom is 0.270 e. The second kappa shape index (κ2) is 4.85. The summed E-state index contributed by atoms with van der Waals surface area (Å²) < 4.78 is 0. The number of nitrogens with zero attached hydrogens (tertiary/aromatic N) is 1. The van der Waals surface area contributed by atoms with E-state index in [9.17, 15) is 4.79 Å². The van der Waals surface area contributed by atoms with E-state index in [0.717, 1.165) is 42.8 Å². The SMILES string of the molecule is Cc1cc(C)c2[nH]c(C(=O)N3CCC4CNCC43)c(C)c2c1. The van der Waals surface area contributed by atoms with Crippen molar-refractivity contribution in [3.8, 4) is 0 Å². The molecule has 2 aliphatic rings. The lowest BCUT2D eigenvalue weighted by Gasteiger charge is -2.23. The van der Waals surface area contributed by atoms with Gasteiger partial charge in [0.25, 0.3) is 5.91 Å². The monoisotopic (exact) mass is 297 g/mol. The molecule has 1 aromatic heterocycles. The van der Waals surface area contributed by atoms with Crippen molar-refractivity contribution in [1.29, 1.82) is 0 Å². The van der Waals surface area contributed by atoms with Gasteiger partial charge in [-0.15, -0.1) is 0 Å². The Morgan fingerprint density at radius 1 is 1.23 bits per heavy atom. The third-order valence-corrected chi connectivity index (χ3v) is 5.43. The smallest absolute Gasteiger partial charge is 0.270 e. The maximum absolute atomic E-state index is 13.0. The minimum atomic E-state index is 0.168. The summed E-state index contributed by atoms with van der Waals surface area (Å²) in [6.45, 7) is 9.16. The summed E-state index contributed by atoms with van der Waals surface area (Å²) in [5.41, 5.74) is 5.41. The minimum Gasteiger partial charge on any atom is -0.350 e. The van der Waals surface area contributed by atoms with Crippen molar-refractivity contribution in [2.45, 2.75) is 33.2 Å². The van der Waals surface area contributed by atoms with Gasteiger partial charge in [0.1, 0.15) is 5.69 Å². The van der Waals surface area contributed by atoms with Gasteiger partial charge in [0, 0.05) is 36.6 Å². The Balaban J connectivity index is 1.76. The highest BCUT2D eigenvalue weighted by Crippen LogP contribution is 2.31. The molecule has 2 fully saturated rings. The van der Waals surface area contributed by atoms with Gasteiger partial charge in [0.15, 0.2) is 0 Å². The molecule has 0 bridgehead atoms. The average molecular weight is 297 g/mol. The normalized spacial score (nSPS) is 24.2. The van der Waals surface area contributed by atoms with E-state index in [-0.39, 0.29) is 5.91 Å². The summed E-state index contributed by atoms with van der Waals surface area (Å²) >= 11 is 0. The van der Waals surface area contributed by atoms with E-state index < -0.39 is 0 Å². The Bertz CT molecular complexity index is 761. The second-order valence-electron chi connectivity index (χ2n) is 6.90. The van der Waals surface area contributed by atoms with Crippen molar-refractivity contribution in [3.63, 3.8) is 0 Å². The van der Waals surface area contributed by atoms with Gasteiger partial charge in [0.2, 0.25) is 0 Å². The van der Waals surface area contributed by atoms with E-state index in [1.54, 1.807) is 0 Å². The highest BCUT2D eigenvalue weighted by atomic mass is 16.2.